The monoisotopic (exact) mass is 310 g/mol. The van der Waals surface area contributed by atoms with Gasteiger partial charge in [-0.25, -0.2) is 12.7 Å². The van der Waals surface area contributed by atoms with Gasteiger partial charge in [-0.1, -0.05) is 31.9 Å². The standard InChI is InChI=1S/C16H26N2O2S/c1-3-12-17-15-10-6-7-11-16(15)21(19,20)18(2)13-14-8-4-5-9-14/h6-7,10-11,14,17H,3-5,8-9,12-13H2,1-2H3. The van der Waals surface area contributed by atoms with Crippen molar-refractivity contribution < 1.29 is 8.42 Å². The van der Waals surface area contributed by atoms with Crippen molar-refractivity contribution in [3.8, 4) is 0 Å². The first-order valence-electron chi connectivity index (χ1n) is 7.85. The number of rotatable bonds is 7. The van der Waals surface area contributed by atoms with Crippen molar-refractivity contribution >= 4 is 15.7 Å². The van der Waals surface area contributed by atoms with E-state index in [0.717, 1.165) is 25.8 Å². The summed E-state index contributed by atoms with van der Waals surface area (Å²) < 4.78 is 27.1. The van der Waals surface area contributed by atoms with E-state index in [4.69, 9.17) is 0 Å². The average molecular weight is 310 g/mol. The van der Waals surface area contributed by atoms with Gasteiger partial charge in [0.25, 0.3) is 0 Å². The summed E-state index contributed by atoms with van der Waals surface area (Å²) in [5.74, 6) is 0.514. The zero-order valence-corrected chi connectivity index (χ0v) is 13.8. The molecule has 0 unspecified atom stereocenters. The van der Waals surface area contributed by atoms with E-state index in [9.17, 15) is 8.42 Å². The highest BCUT2D eigenvalue weighted by Crippen LogP contribution is 2.29. The molecule has 1 fully saturated rings. The molecule has 1 aliphatic rings. The van der Waals surface area contributed by atoms with Gasteiger partial charge in [0.05, 0.1) is 5.69 Å². The zero-order valence-electron chi connectivity index (χ0n) is 13.0. The Morgan fingerprint density at radius 2 is 1.90 bits per heavy atom. The molecule has 1 saturated carbocycles. The minimum Gasteiger partial charge on any atom is -0.384 e. The number of sulfonamides is 1. The summed E-state index contributed by atoms with van der Waals surface area (Å²) >= 11 is 0. The Kier molecular flexibility index (Phi) is 5.65. The summed E-state index contributed by atoms with van der Waals surface area (Å²) in [7, 11) is -1.72. The van der Waals surface area contributed by atoms with E-state index in [0.29, 0.717) is 23.0 Å². The molecule has 0 spiro atoms. The molecule has 118 valence electrons. The molecule has 21 heavy (non-hydrogen) atoms. The first kappa shape index (κ1) is 16.3. The summed E-state index contributed by atoms with van der Waals surface area (Å²) in [5.41, 5.74) is 0.706. The average Bonchev–Trinajstić information content (AvgIpc) is 2.98. The number of hydrogen-bond acceptors (Lipinski definition) is 3. The van der Waals surface area contributed by atoms with Gasteiger partial charge in [0.2, 0.25) is 10.0 Å². The van der Waals surface area contributed by atoms with Crippen LogP contribution in [-0.4, -0.2) is 32.9 Å². The molecule has 1 aliphatic carbocycles. The minimum atomic E-state index is -3.42. The quantitative estimate of drug-likeness (QED) is 0.840. The lowest BCUT2D eigenvalue weighted by Crippen LogP contribution is -2.31. The van der Waals surface area contributed by atoms with Gasteiger partial charge in [0.1, 0.15) is 4.90 Å². The molecule has 1 N–H and O–H groups in total. The molecule has 0 heterocycles. The molecule has 0 bridgehead atoms. The van der Waals surface area contributed by atoms with Crippen LogP contribution in [0, 0.1) is 5.92 Å². The third-order valence-electron chi connectivity index (χ3n) is 4.13. The molecule has 1 aromatic rings. The predicted molar refractivity (Wildman–Crippen MR) is 87.0 cm³/mol. The smallest absolute Gasteiger partial charge is 0.244 e. The Morgan fingerprint density at radius 1 is 1.24 bits per heavy atom. The van der Waals surface area contributed by atoms with Gasteiger partial charge < -0.3 is 5.32 Å². The predicted octanol–water partition coefficient (Wildman–Crippen LogP) is 3.32. The maximum absolute atomic E-state index is 12.8. The van der Waals surface area contributed by atoms with Gasteiger partial charge >= 0.3 is 0 Å². The van der Waals surface area contributed by atoms with Crippen LogP contribution < -0.4 is 5.32 Å². The van der Waals surface area contributed by atoms with Crippen LogP contribution in [0.5, 0.6) is 0 Å². The largest absolute Gasteiger partial charge is 0.384 e. The van der Waals surface area contributed by atoms with Gasteiger partial charge in [-0.05, 0) is 37.3 Å². The summed E-state index contributed by atoms with van der Waals surface area (Å²) in [4.78, 5) is 0.388. The molecule has 0 saturated heterocycles. The summed E-state index contributed by atoms with van der Waals surface area (Å²) in [6, 6.07) is 7.19. The SMILES string of the molecule is CCCNc1ccccc1S(=O)(=O)N(C)CC1CCCC1. The van der Waals surface area contributed by atoms with Crippen LogP contribution in [0.2, 0.25) is 0 Å². The van der Waals surface area contributed by atoms with E-state index in [1.807, 2.05) is 12.1 Å². The lowest BCUT2D eigenvalue weighted by Gasteiger charge is -2.22. The molecular weight excluding hydrogens is 284 g/mol. The van der Waals surface area contributed by atoms with E-state index < -0.39 is 10.0 Å². The molecular formula is C16H26N2O2S. The van der Waals surface area contributed by atoms with Crippen LogP contribution in [0.15, 0.2) is 29.2 Å². The van der Waals surface area contributed by atoms with Crippen LogP contribution in [0.1, 0.15) is 39.0 Å². The van der Waals surface area contributed by atoms with Crippen LogP contribution in [-0.2, 0) is 10.0 Å². The van der Waals surface area contributed by atoms with Gasteiger partial charge in [-0.3, -0.25) is 0 Å². The maximum atomic E-state index is 12.8. The lowest BCUT2D eigenvalue weighted by atomic mass is 10.1. The Morgan fingerprint density at radius 3 is 2.57 bits per heavy atom. The van der Waals surface area contributed by atoms with Gasteiger partial charge in [-0.2, -0.15) is 0 Å². The fraction of sp³-hybridized carbons (Fsp3) is 0.625. The second-order valence-electron chi connectivity index (χ2n) is 5.86. The normalized spacial score (nSPS) is 16.5. The van der Waals surface area contributed by atoms with Crippen molar-refractivity contribution in [2.75, 3.05) is 25.5 Å². The fourth-order valence-corrected chi connectivity index (χ4v) is 4.33. The van der Waals surface area contributed by atoms with Crippen LogP contribution in [0.25, 0.3) is 0 Å². The third-order valence-corrected chi connectivity index (χ3v) is 6.01. The van der Waals surface area contributed by atoms with Gasteiger partial charge in [0, 0.05) is 20.1 Å². The van der Waals surface area contributed by atoms with Crippen molar-refractivity contribution in [3.05, 3.63) is 24.3 Å². The Bertz CT molecular complexity index is 551. The van der Waals surface area contributed by atoms with Crippen molar-refractivity contribution in [1.82, 2.24) is 4.31 Å². The number of nitrogens with one attached hydrogen (secondary N) is 1. The number of para-hydroxylation sites is 1. The number of benzene rings is 1. The first-order chi connectivity index (χ1) is 10.1. The molecule has 0 radical (unpaired) electrons. The first-order valence-corrected chi connectivity index (χ1v) is 9.29. The maximum Gasteiger partial charge on any atom is 0.244 e. The van der Waals surface area contributed by atoms with Crippen LogP contribution in [0.3, 0.4) is 0 Å². The van der Waals surface area contributed by atoms with E-state index >= 15 is 0 Å². The van der Waals surface area contributed by atoms with Crippen molar-refractivity contribution in [2.45, 2.75) is 43.9 Å². The molecule has 4 nitrogen and oxygen atoms in total. The highest BCUT2D eigenvalue weighted by molar-refractivity contribution is 7.89. The fourth-order valence-electron chi connectivity index (χ4n) is 2.92. The van der Waals surface area contributed by atoms with E-state index in [-0.39, 0.29) is 0 Å². The number of nitrogens with zero attached hydrogens (tertiary/aromatic N) is 1. The third kappa shape index (κ3) is 3.98. The second-order valence-corrected chi connectivity index (χ2v) is 7.87. The number of anilines is 1. The van der Waals surface area contributed by atoms with E-state index in [2.05, 4.69) is 12.2 Å². The Hall–Kier alpha value is -1.07. The van der Waals surface area contributed by atoms with E-state index in [1.165, 1.54) is 17.1 Å². The topological polar surface area (TPSA) is 49.4 Å². The highest BCUT2D eigenvalue weighted by Gasteiger charge is 2.27. The molecule has 0 amide bonds. The highest BCUT2D eigenvalue weighted by atomic mass is 32.2. The van der Waals surface area contributed by atoms with Gasteiger partial charge in [-0.15, -0.1) is 0 Å². The summed E-state index contributed by atoms with van der Waals surface area (Å²) in [5, 5.41) is 3.21. The summed E-state index contributed by atoms with van der Waals surface area (Å²) in [6.45, 7) is 3.47. The summed E-state index contributed by atoms with van der Waals surface area (Å²) in [6.07, 6.45) is 5.72. The van der Waals surface area contributed by atoms with Crippen molar-refractivity contribution in [3.63, 3.8) is 0 Å². The molecule has 0 aliphatic heterocycles. The molecule has 0 aromatic heterocycles. The molecule has 1 aromatic carbocycles. The van der Waals surface area contributed by atoms with Gasteiger partial charge in [0.15, 0.2) is 0 Å². The Balaban J connectivity index is 2.17. The number of hydrogen-bond donors (Lipinski definition) is 1. The minimum absolute atomic E-state index is 0.388. The van der Waals surface area contributed by atoms with Crippen LogP contribution in [0.4, 0.5) is 5.69 Å². The second kappa shape index (κ2) is 7.27. The molecule has 5 heteroatoms. The zero-order chi connectivity index (χ0) is 15.3. The molecule has 2 rings (SSSR count). The van der Waals surface area contributed by atoms with Crippen LogP contribution >= 0.6 is 0 Å². The van der Waals surface area contributed by atoms with Crippen molar-refractivity contribution in [2.24, 2.45) is 5.92 Å². The molecule has 0 atom stereocenters. The van der Waals surface area contributed by atoms with Crippen molar-refractivity contribution in [1.29, 1.82) is 0 Å². The van der Waals surface area contributed by atoms with E-state index in [1.54, 1.807) is 19.2 Å². The lowest BCUT2D eigenvalue weighted by molar-refractivity contribution is 0.387. The Labute approximate surface area is 128 Å².